The van der Waals surface area contributed by atoms with Crippen LogP contribution in [-0.4, -0.2) is 6.54 Å². The maximum atomic E-state index is 5.71. The Labute approximate surface area is 72.8 Å². The Morgan fingerprint density at radius 1 is 1.42 bits per heavy atom. The number of para-hydroxylation sites is 1. The summed E-state index contributed by atoms with van der Waals surface area (Å²) in [4.78, 5) is 0. The SMILES string of the molecule is C#CCNCc1ccccc1N. The van der Waals surface area contributed by atoms with Crippen molar-refractivity contribution in [1.82, 2.24) is 5.32 Å². The first-order valence-electron chi connectivity index (χ1n) is 3.82. The quantitative estimate of drug-likeness (QED) is 0.393. The second-order valence-electron chi connectivity index (χ2n) is 2.51. The van der Waals surface area contributed by atoms with Crippen molar-refractivity contribution in [2.75, 3.05) is 12.3 Å². The van der Waals surface area contributed by atoms with Gasteiger partial charge < -0.3 is 11.1 Å². The lowest BCUT2D eigenvalue weighted by molar-refractivity contribution is 0.772. The summed E-state index contributed by atoms with van der Waals surface area (Å²) in [5, 5.41) is 3.08. The number of anilines is 1. The smallest absolute Gasteiger partial charge is 0.0576 e. The summed E-state index contributed by atoms with van der Waals surface area (Å²) in [6.07, 6.45) is 5.09. The normalized spacial score (nSPS) is 9.25. The molecule has 0 saturated carbocycles. The average Bonchev–Trinajstić information content (AvgIpc) is 2.09. The van der Waals surface area contributed by atoms with Crippen molar-refractivity contribution in [2.24, 2.45) is 0 Å². The molecule has 2 nitrogen and oxygen atoms in total. The molecule has 0 atom stereocenters. The molecule has 0 spiro atoms. The first-order chi connectivity index (χ1) is 5.84. The van der Waals surface area contributed by atoms with Crippen LogP contribution < -0.4 is 11.1 Å². The van der Waals surface area contributed by atoms with Crippen LogP contribution in [0.25, 0.3) is 0 Å². The van der Waals surface area contributed by atoms with Crippen molar-refractivity contribution in [3.8, 4) is 12.3 Å². The number of rotatable bonds is 3. The highest BCUT2D eigenvalue weighted by molar-refractivity contribution is 5.46. The molecule has 0 radical (unpaired) electrons. The number of nitrogens with one attached hydrogen (secondary N) is 1. The van der Waals surface area contributed by atoms with Crippen molar-refractivity contribution in [1.29, 1.82) is 0 Å². The van der Waals surface area contributed by atoms with Crippen LogP contribution in [0.3, 0.4) is 0 Å². The Morgan fingerprint density at radius 2 is 2.17 bits per heavy atom. The van der Waals surface area contributed by atoms with Gasteiger partial charge in [-0.25, -0.2) is 0 Å². The Hall–Kier alpha value is -1.46. The van der Waals surface area contributed by atoms with Gasteiger partial charge in [0.1, 0.15) is 0 Å². The third-order valence-electron chi connectivity index (χ3n) is 1.60. The molecule has 0 amide bonds. The van der Waals surface area contributed by atoms with Crippen LogP contribution in [0.1, 0.15) is 5.56 Å². The molecule has 12 heavy (non-hydrogen) atoms. The van der Waals surface area contributed by atoms with Gasteiger partial charge in [0.05, 0.1) is 6.54 Å². The van der Waals surface area contributed by atoms with Gasteiger partial charge in [-0.1, -0.05) is 24.1 Å². The minimum atomic E-state index is 0.578. The summed E-state index contributed by atoms with van der Waals surface area (Å²) in [5.74, 6) is 2.51. The predicted octanol–water partition coefficient (Wildman–Crippen LogP) is 0.992. The van der Waals surface area contributed by atoms with Crippen LogP contribution in [0, 0.1) is 12.3 Å². The monoisotopic (exact) mass is 160 g/mol. The highest BCUT2D eigenvalue weighted by Crippen LogP contribution is 2.08. The number of terminal acetylenes is 1. The van der Waals surface area contributed by atoms with Gasteiger partial charge in [0.2, 0.25) is 0 Å². The van der Waals surface area contributed by atoms with E-state index in [9.17, 15) is 0 Å². The lowest BCUT2D eigenvalue weighted by Gasteiger charge is -2.04. The molecule has 3 N–H and O–H groups in total. The van der Waals surface area contributed by atoms with Crippen molar-refractivity contribution in [3.63, 3.8) is 0 Å². The van der Waals surface area contributed by atoms with E-state index in [1.54, 1.807) is 0 Å². The Balaban J connectivity index is 2.53. The highest BCUT2D eigenvalue weighted by Gasteiger charge is 1.94. The fourth-order valence-corrected chi connectivity index (χ4v) is 0.965. The summed E-state index contributed by atoms with van der Waals surface area (Å²) >= 11 is 0. The molecule has 0 heterocycles. The van der Waals surface area contributed by atoms with Gasteiger partial charge in [-0.15, -0.1) is 6.42 Å². The number of nitrogen functional groups attached to an aromatic ring is 1. The topological polar surface area (TPSA) is 38.0 Å². The molecule has 0 fully saturated rings. The zero-order valence-corrected chi connectivity index (χ0v) is 6.88. The van der Waals surface area contributed by atoms with Crippen molar-refractivity contribution >= 4 is 5.69 Å². The second-order valence-corrected chi connectivity index (χ2v) is 2.51. The molecule has 0 aliphatic heterocycles. The molecule has 1 aromatic rings. The van der Waals surface area contributed by atoms with E-state index in [-0.39, 0.29) is 0 Å². The van der Waals surface area contributed by atoms with Crippen molar-refractivity contribution in [2.45, 2.75) is 6.54 Å². The van der Waals surface area contributed by atoms with Crippen LogP contribution in [0.15, 0.2) is 24.3 Å². The molecule has 62 valence electrons. The van der Waals surface area contributed by atoms with E-state index >= 15 is 0 Å². The predicted molar refractivity (Wildman–Crippen MR) is 51.4 cm³/mol. The minimum absolute atomic E-state index is 0.578. The lowest BCUT2D eigenvalue weighted by atomic mass is 10.2. The van der Waals surface area contributed by atoms with Gasteiger partial charge in [0.15, 0.2) is 0 Å². The number of hydrogen-bond acceptors (Lipinski definition) is 2. The Morgan fingerprint density at radius 3 is 2.83 bits per heavy atom. The maximum absolute atomic E-state index is 5.71. The van der Waals surface area contributed by atoms with Crippen molar-refractivity contribution < 1.29 is 0 Å². The first-order valence-corrected chi connectivity index (χ1v) is 3.82. The van der Waals surface area contributed by atoms with E-state index in [2.05, 4.69) is 11.2 Å². The summed E-state index contributed by atoms with van der Waals surface area (Å²) in [5.41, 5.74) is 7.61. The van der Waals surface area contributed by atoms with Gasteiger partial charge in [0, 0.05) is 12.2 Å². The average molecular weight is 160 g/mol. The van der Waals surface area contributed by atoms with E-state index < -0.39 is 0 Å². The maximum Gasteiger partial charge on any atom is 0.0576 e. The molecule has 1 rings (SSSR count). The molecule has 0 aliphatic carbocycles. The lowest BCUT2D eigenvalue weighted by Crippen LogP contribution is -2.14. The zero-order chi connectivity index (χ0) is 8.81. The summed E-state index contributed by atoms with van der Waals surface area (Å²) in [6, 6.07) is 7.75. The van der Waals surface area contributed by atoms with E-state index in [0.717, 1.165) is 17.8 Å². The fraction of sp³-hybridized carbons (Fsp3) is 0.200. The zero-order valence-electron chi connectivity index (χ0n) is 6.88. The van der Waals surface area contributed by atoms with Gasteiger partial charge in [-0.2, -0.15) is 0 Å². The third kappa shape index (κ3) is 2.30. The fourth-order valence-electron chi connectivity index (χ4n) is 0.965. The van der Waals surface area contributed by atoms with Gasteiger partial charge in [-0.05, 0) is 11.6 Å². The Kier molecular flexibility index (Phi) is 3.18. The molecule has 0 aromatic heterocycles. The van der Waals surface area contributed by atoms with Crippen LogP contribution in [-0.2, 0) is 6.54 Å². The molecule has 2 heteroatoms. The summed E-state index contributed by atoms with van der Waals surface area (Å²) in [7, 11) is 0. The van der Waals surface area contributed by atoms with E-state index in [4.69, 9.17) is 12.2 Å². The standard InChI is InChI=1S/C10H12N2/c1-2-7-12-8-9-5-3-4-6-10(9)11/h1,3-6,12H,7-8,11H2. The highest BCUT2D eigenvalue weighted by atomic mass is 14.8. The number of nitrogens with two attached hydrogens (primary N) is 1. The third-order valence-corrected chi connectivity index (χ3v) is 1.60. The molecular weight excluding hydrogens is 148 g/mol. The van der Waals surface area contributed by atoms with Gasteiger partial charge >= 0.3 is 0 Å². The largest absolute Gasteiger partial charge is 0.398 e. The minimum Gasteiger partial charge on any atom is -0.398 e. The summed E-state index contributed by atoms with van der Waals surface area (Å²) < 4.78 is 0. The number of hydrogen-bond donors (Lipinski definition) is 2. The van der Waals surface area contributed by atoms with Crippen molar-refractivity contribution in [3.05, 3.63) is 29.8 Å². The first kappa shape index (κ1) is 8.63. The van der Waals surface area contributed by atoms with E-state index in [1.807, 2.05) is 24.3 Å². The molecule has 0 aliphatic rings. The molecule has 0 unspecified atom stereocenters. The number of benzene rings is 1. The van der Waals surface area contributed by atoms with Crippen LogP contribution in [0.5, 0.6) is 0 Å². The Bertz CT molecular complexity index is 286. The second kappa shape index (κ2) is 4.42. The molecular formula is C10H12N2. The van der Waals surface area contributed by atoms with E-state index in [1.165, 1.54) is 0 Å². The molecule has 0 saturated heterocycles. The van der Waals surface area contributed by atoms with Gasteiger partial charge in [0.25, 0.3) is 0 Å². The van der Waals surface area contributed by atoms with Crippen LogP contribution in [0.4, 0.5) is 5.69 Å². The van der Waals surface area contributed by atoms with Crippen LogP contribution >= 0.6 is 0 Å². The van der Waals surface area contributed by atoms with Gasteiger partial charge in [-0.3, -0.25) is 0 Å². The molecule has 1 aromatic carbocycles. The van der Waals surface area contributed by atoms with E-state index in [0.29, 0.717) is 6.54 Å². The summed E-state index contributed by atoms with van der Waals surface area (Å²) in [6.45, 7) is 1.31. The molecule has 0 bridgehead atoms. The van der Waals surface area contributed by atoms with Crippen LogP contribution in [0.2, 0.25) is 0 Å².